The van der Waals surface area contributed by atoms with E-state index in [1.165, 1.54) is 25.7 Å². The Kier molecular flexibility index (Phi) is 6.70. The summed E-state index contributed by atoms with van der Waals surface area (Å²) in [6.07, 6.45) is 10.3. The summed E-state index contributed by atoms with van der Waals surface area (Å²) in [4.78, 5) is 12.6. The monoisotopic (exact) mass is 378 g/mol. The van der Waals surface area contributed by atoms with E-state index in [0.29, 0.717) is 30.4 Å². The smallest absolute Gasteiger partial charge is 0.243 e. The van der Waals surface area contributed by atoms with Crippen LogP contribution in [0.4, 0.5) is 0 Å². The van der Waals surface area contributed by atoms with Crippen LogP contribution >= 0.6 is 0 Å². The molecule has 1 amide bonds. The second-order valence-electron chi connectivity index (χ2n) is 7.54. The lowest BCUT2D eigenvalue weighted by Crippen LogP contribution is -2.36. The van der Waals surface area contributed by atoms with Gasteiger partial charge in [0.15, 0.2) is 0 Å². The molecule has 144 valence electrons. The van der Waals surface area contributed by atoms with Gasteiger partial charge in [-0.1, -0.05) is 44.2 Å². The lowest BCUT2D eigenvalue weighted by Gasteiger charge is -2.25. The van der Waals surface area contributed by atoms with Crippen LogP contribution in [0, 0.1) is 0 Å². The summed E-state index contributed by atoms with van der Waals surface area (Å²) in [5, 5.41) is 3.14. The molecule has 1 aromatic carbocycles. The number of amides is 1. The topological polar surface area (TPSA) is 66.5 Å². The first-order valence-corrected chi connectivity index (χ1v) is 11.4. The quantitative estimate of drug-likeness (QED) is 0.800. The molecule has 6 heteroatoms. The number of piperidine rings is 1. The standard InChI is InChI=1S/C20H30N2O3S/c23-20(21-18-8-4-1-2-5-9-18)16-17-10-12-19(13-11-17)26(24,25)22-14-6-3-7-15-22/h10-13,18H,1-9,14-16H2,(H,21,23). The van der Waals surface area contributed by atoms with Crippen molar-refractivity contribution in [3.8, 4) is 0 Å². The summed E-state index contributed by atoms with van der Waals surface area (Å²) < 4.78 is 26.9. The summed E-state index contributed by atoms with van der Waals surface area (Å²) in [7, 11) is -3.40. The number of hydrogen-bond donors (Lipinski definition) is 1. The molecule has 0 atom stereocenters. The zero-order valence-corrected chi connectivity index (χ0v) is 16.3. The number of hydrogen-bond acceptors (Lipinski definition) is 3. The van der Waals surface area contributed by atoms with Gasteiger partial charge < -0.3 is 5.32 Å². The number of carbonyl (C=O) groups excluding carboxylic acids is 1. The van der Waals surface area contributed by atoms with Crippen LogP contribution in [0.5, 0.6) is 0 Å². The van der Waals surface area contributed by atoms with Crippen LogP contribution in [-0.4, -0.2) is 37.8 Å². The minimum atomic E-state index is -3.40. The van der Waals surface area contributed by atoms with Gasteiger partial charge in [-0.05, 0) is 43.4 Å². The van der Waals surface area contributed by atoms with Crippen molar-refractivity contribution in [3.63, 3.8) is 0 Å². The third kappa shape index (κ3) is 5.07. The Balaban J connectivity index is 1.57. The Morgan fingerprint density at radius 2 is 1.50 bits per heavy atom. The molecular weight excluding hydrogens is 348 g/mol. The van der Waals surface area contributed by atoms with Crippen molar-refractivity contribution >= 4 is 15.9 Å². The first-order chi connectivity index (χ1) is 12.6. The highest BCUT2D eigenvalue weighted by atomic mass is 32.2. The highest BCUT2D eigenvalue weighted by Crippen LogP contribution is 2.21. The third-order valence-corrected chi connectivity index (χ3v) is 7.37. The van der Waals surface area contributed by atoms with Gasteiger partial charge in [-0.25, -0.2) is 8.42 Å². The summed E-state index contributed by atoms with van der Waals surface area (Å²) in [5.41, 5.74) is 0.855. The first-order valence-electron chi connectivity index (χ1n) is 9.94. The number of sulfonamides is 1. The van der Waals surface area contributed by atoms with E-state index in [0.717, 1.165) is 37.7 Å². The van der Waals surface area contributed by atoms with E-state index < -0.39 is 10.0 Å². The van der Waals surface area contributed by atoms with Gasteiger partial charge in [0.1, 0.15) is 0 Å². The molecule has 26 heavy (non-hydrogen) atoms. The molecule has 5 nitrogen and oxygen atoms in total. The van der Waals surface area contributed by atoms with Crippen LogP contribution in [0.25, 0.3) is 0 Å². The van der Waals surface area contributed by atoms with Gasteiger partial charge in [-0.2, -0.15) is 4.31 Å². The second-order valence-corrected chi connectivity index (χ2v) is 9.48. The van der Waals surface area contributed by atoms with E-state index in [1.807, 2.05) is 0 Å². The van der Waals surface area contributed by atoms with Crippen LogP contribution in [0.1, 0.15) is 63.4 Å². The summed E-state index contributed by atoms with van der Waals surface area (Å²) >= 11 is 0. The average molecular weight is 379 g/mol. The molecule has 0 bridgehead atoms. The third-order valence-electron chi connectivity index (χ3n) is 5.46. The van der Waals surface area contributed by atoms with E-state index >= 15 is 0 Å². The molecule has 1 saturated carbocycles. The largest absolute Gasteiger partial charge is 0.353 e. The predicted molar refractivity (Wildman–Crippen MR) is 102 cm³/mol. The van der Waals surface area contributed by atoms with Crippen molar-refractivity contribution in [3.05, 3.63) is 29.8 Å². The predicted octanol–water partition coefficient (Wildman–Crippen LogP) is 3.24. The van der Waals surface area contributed by atoms with Crippen molar-refractivity contribution in [1.82, 2.24) is 9.62 Å². The molecule has 0 aromatic heterocycles. The van der Waals surface area contributed by atoms with Crippen molar-refractivity contribution in [2.45, 2.75) is 75.1 Å². The molecule has 1 aliphatic heterocycles. The highest BCUT2D eigenvalue weighted by molar-refractivity contribution is 7.89. The van der Waals surface area contributed by atoms with Crippen molar-refractivity contribution in [1.29, 1.82) is 0 Å². The fourth-order valence-electron chi connectivity index (χ4n) is 3.92. The van der Waals surface area contributed by atoms with Crippen LogP contribution in [0.3, 0.4) is 0 Å². The fraction of sp³-hybridized carbons (Fsp3) is 0.650. The Hall–Kier alpha value is -1.40. The van der Waals surface area contributed by atoms with Gasteiger partial charge in [0.25, 0.3) is 0 Å². The van der Waals surface area contributed by atoms with Crippen LogP contribution in [-0.2, 0) is 21.2 Å². The fourth-order valence-corrected chi connectivity index (χ4v) is 5.44. The average Bonchev–Trinajstić information content (AvgIpc) is 2.91. The SMILES string of the molecule is O=C(Cc1ccc(S(=O)(=O)N2CCCCC2)cc1)NC1CCCCCC1. The number of nitrogens with one attached hydrogen (secondary N) is 1. The molecule has 0 unspecified atom stereocenters. The van der Waals surface area contributed by atoms with Gasteiger partial charge in [0.2, 0.25) is 15.9 Å². The van der Waals surface area contributed by atoms with Crippen molar-refractivity contribution < 1.29 is 13.2 Å². The number of carbonyl (C=O) groups is 1. The van der Waals surface area contributed by atoms with Crippen molar-refractivity contribution in [2.75, 3.05) is 13.1 Å². The van der Waals surface area contributed by atoms with E-state index in [2.05, 4.69) is 5.32 Å². The molecule has 1 saturated heterocycles. The van der Waals surface area contributed by atoms with Gasteiger partial charge in [-0.15, -0.1) is 0 Å². The molecular formula is C20H30N2O3S. The molecule has 3 rings (SSSR count). The molecule has 1 heterocycles. The highest BCUT2D eigenvalue weighted by Gasteiger charge is 2.25. The van der Waals surface area contributed by atoms with Gasteiger partial charge in [0, 0.05) is 19.1 Å². The van der Waals surface area contributed by atoms with E-state index in [1.54, 1.807) is 28.6 Å². The zero-order chi connectivity index (χ0) is 18.4. The first kappa shape index (κ1) is 19.4. The molecule has 0 radical (unpaired) electrons. The van der Waals surface area contributed by atoms with E-state index in [4.69, 9.17) is 0 Å². The maximum atomic E-state index is 12.7. The van der Waals surface area contributed by atoms with Crippen LogP contribution in [0.2, 0.25) is 0 Å². The Bertz CT molecular complexity index is 686. The lowest BCUT2D eigenvalue weighted by atomic mass is 10.1. The summed E-state index contributed by atoms with van der Waals surface area (Å²) in [6, 6.07) is 7.10. The Morgan fingerprint density at radius 1 is 0.923 bits per heavy atom. The molecule has 1 aliphatic carbocycles. The Labute approximate surface area is 157 Å². The van der Waals surface area contributed by atoms with Crippen molar-refractivity contribution in [2.24, 2.45) is 0 Å². The summed E-state index contributed by atoms with van der Waals surface area (Å²) in [6.45, 7) is 1.21. The maximum Gasteiger partial charge on any atom is 0.243 e. The second kappa shape index (κ2) is 9.00. The lowest BCUT2D eigenvalue weighted by molar-refractivity contribution is -0.121. The minimum absolute atomic E-state index is 0.0311. The number of rotatable bonds is 5. The van der Waals surface area contributed by atoms with E-state index in [9.17, 15) is 13.2 Å². The van der Waals surface area contributed by atoms with Gasteiger partial charge >= 0.3 is 0 Å². The van der Waals surface area contributed by atoms with E-state index in [-0.39, 0.29) is 5.91 Å². The summed E-state index contributed by atoms with van der Waals surface area (Å²) in [5.74, 6) is 0.0311. The maximum absolute atomic E-state index is 12.7. The minimum Gasteiger partial charge on any atom is -0.353 e. The Morgan fingerprint density at radius 3 is 2.12 bits per heavy atom. The molecule has 1 N–H and O–H groups in total. The zero-order valence-electron chi connectivity index (χ0n) is 15.5. The normalized spacial score (nSPS) is 20.5. The van der Waals surface area contributed by atoms with Crippen LogP contribution in [0.15, 0.2) is 29.2 Å². The van der Waals surface area contributed by atoms with Crippen LogP contribution < -0.4 is 5.32 Å². The molecule has 2 aliphatic rings. The molecule has 2 fully saturated rings. The molecule has 1 aromatic rings. The number of benzene rings is 1. The number of nitrogens with zero attached hydrogens (tertiary/aromatic N) is 1. The molecule has 0 spiro atoms. The van der Waals surface area contributed by atoms with Gasteiger partial charge in [-0.3, -0.25) is 4.79 Å². The van der Waals surface area contributed by atoms with Gasteiger partial charge in [0.05, 0.1) is 11.3 Å².